The molecule has 0 saturated carbocycles. The second kappa shape index (κ2) is 5.87. The molecule has 0 spiro atoms. The van der Waals surface area contributed by atoms with Crippen molar-refractivity contribution in [1.82, 2.24) is 4.90 Å². The van der Waals surface area contributed by atoms with Crippen molar-refractivity contribution in [2.45, 2.75) is 19.9 Å². The van der Waals surface area contributed by atoms with Gasteiger partial charge in [0.15, 0.2) is 0 Å². The predicted octanol–water partition coefficient (Wildman–Crippen LogP) is 1.89. The zero-order chi connectivity index (χ0) is 14.8. The fraction of sp³-hybridized carbons (Fsp3) is 0.438. The zero-order valence-electron chi connectivity index (χ0n) is 12.1. The molecule has 1 saturated heterocycles. The van der Waals surface area contributed by atoms with Crippen molar-refractivity contribution in [2.75, 3.05) is 26.3 Å². The monoisotopic (exact) mass is 289 g/mol. The molecule has 0 bridgehead atoms. The summed E-state index contributed by atoms with van der Waals surface area (Å²) in [5, 5.41) is 10.8. The molecule has 112 valence electrons. The number of phenolic OH excluding ortho intramolecular Hbond substituents is 1. The highest BCUT2D eigenvalue weighted by molar-refractivity contribution is 5.82. The molecule has 1 aliphatic rings. The summed E-state index contributed by atoms with van der Waals surface area (Å²) in [5.74, 6) is 0.177. The maximum Gasteiger partial charge on any atom is 0.336 e. The number of morpholine rings is 1. The summed E-state index contributed by atoms with van der Waals surface area (Å²) < 4.78 is 10.6. The average Bonchev–Trinajstić information content (AvgIpc) is 2.47. The maximum atomic E-state index is 11.7. The molecule has 0 unspecified atom stereocenters. The SMILES string of the molecule is CCc1cc2c(CN3CCOCC3)cc(=O)oc2cc1O. The van der Waals surface area contributed by atoms with Gasteiger partial charge in [0.1, 0.15) is 11.3 Å². The maximum absolute atomic E-state index is 11.7. The van der Waals surface area contributed by atoms with Gasteiger partial charge in [0.05, 0.1) is 13.2 Å². The van der Waals surface area contributed by atoms with Gasteiger partial charge in [-0.25, -0.2) is 4.79 Å². The fourth-order valence-electron chi connectivity index (χ4n) is 2.72. The van der Waals surface area contributed by atoms with Crippen molar-refractivity contribution in [2.24, 2.45) is 0 Å². The normalized spacial score (nSPS) is 16.4. The van der Waals surface area contributed by atoms with E-state index in [1.807, 2.05) is 13.0 Å². The number of rotatable bonds is 3. The van der Waals surface area contributed by atoms with Gasteiger partial charge < -0.3 is 14.3 Å². The summed E-state index contributed by atoms with van der Waals surface area (Å²) in [4.78, 5) is 14.0. The first-order valence-electron chi connectivity index (χ1n) is 7.26. The molecule has 2 heterocycles. The van der Waals surface area contributed by atoms with Crippen LogP contribution in [-0.2, 0) is 17.7 Å². The third-order valence-electron chi connectivity index (χ3n) is 3.91. The Morgan fingerprint density at radius 2 is 1.95 bits per heavy atom. The molecule has 0 atom stereocenters. The van der Waals surface area contributed by atoms with E-state index < -0.39 is 0 Å². The number of aromatic hydroxyl groups is 1. The molecular formula is C16H19NO4. The van der Waals surface area contributed by atoms with Gasteiger partial charge in [0.2, 0.25) is 0 Å². The van der Waals surface area contributed by atoms with Crippen LogP contribution < -0.4 is 5.63 Å². The van der Waals surface area contributed by atoms with Crippen molar-refractivity contribution in [3.05, 3.63) is 39.7 Å². The Morgan fingerprint density at radius 1 is 1.19 bits per heavy atom. The molecule has 5 heteroatoms. The highest BCUT2D eigenvalue weighted by atomic mass is 16.5. The van der Waals surface area contributed by atoms with E-state index in [2.05, 4.69) is 4.90 Å². The predicted molar refractivity (Wildman–Crippen MR) is 79.6 cm³/mol. The van der Waals surface area contributed by atoms with Gasteiger partial charge in [-0.2, -0.15) is 0 Å². The smallest absolute Gasteiger partial charge is 0.336 e. The lowest BCUT2D eigenvalue weighted by atomic mass is 10.0. The number of fused-ring (bicyclic) bond motifs is 1. The van der Waals surface area contributed by atoms with Crippen molar-refractivity contribution in [3.8, 4) is 5.75 Å². The van der Waals surface area contributed by atoms with Gasteiger partial charge in [-0.3, -0.25) is 4.90 Å². The molecule has 1 aromatic heterocycles. The quantitative estimate of drug-likeness (QED) is 0.874. The van der Waals surface area contributed by atoms with Crippen molar-refractivity contribution >= 4 is 11.0 Å². The topological polar surface area (TPSA) is 62.9 Å². The van der Waals surface area contributed by atoms with Gasteiger partial charge in [-0.1, -0.05) is 6.92 Å². The molecule has 0 radical (unpaired) electrons. The number of nitrogens with zero attached hydrogens (tertiary/aromatic N) is 1. The zero-order valence-corrected chi connectivity index (χ0v) is 12.1. The second-order valence-corrected chi connectivity index (χ2v) is 5.31. The van der Waals surface area contributed by atoms with E-state index in [0.29, 0.717) is 12.1 Å². The molecule has 1 N–H and O–H groups in total. The number of phenols is 1. The van der Waals surface area contributed by atoms with Crippen molar-refractivity contribution in [1.29, 1.82) is 0 Å². The van der Waals surface area contributed by atoms with Crippen LogP contribution in [0, 0.1) is 0 Å². The summed E-state index contributed by atoms with van der Waals surface area (Å²) >= 11 is 0. The number of hydrogen-bond donors (Lipinski definition) is 1. The van der Waals surface area contributed by atoms with Crippen LogP contribution in [-0.4, -0.2) is 36.3 Å². The Bertz CT molecular complexity index is 701. The standard InChI is InChI=1S/C16H19NO4/c1-2-11-7-13-12(10-17-3-5-20-6-4-17)8-16(19)21-15(13)9-14(11)18/h7-9,18H,2-6,10H2,1H3. The van der Waals surface area contributed by atoms with E-state index in [1.54, 1.807) is 12.1 Å². The minimum Gasteiger partial charge on any atom is -0.508 e. The summed E-state index contributed by atoms with van der Waals surface area (Å²) in [6, 6.07) is 5.01. The van der Waals surface area contributed by atoms with Gasteiger partial charge in [0, 0.05) is 37.2 Å². The lowest BCUT2D eigenvalue weighted by Gasteiger charge is -2.26. The Balaban J connectivity index is 2.05. The molecule has 5 nitrogen and oxygen atoms in total. The molecule has 3 rings (SSSR count). The highest BCUT2D eigenvalue weighted by Gasteiger charge is 2.15. The lowest BCUT2D eigenvalue weighted by molar-refractivity contribution is 0.0343. The minimum atomic E-state index is -0.380. The second-order valence-electron chi connectivity index (χ2n) is 5.31. The first kappa shape index (κ1) is 14.1. The van der Waals surface area contributed by atoms with E-state index in [9.17, 15) is 9.90 Å². The van der Waals surface area contributed by atoms with E-state index in [-0.39, 0.29) is 11.4 Å². The van der Waals surface area contributed by atoms with Crippen LogP contribution in [0.3, 0.4) is 0 Å². The Morgan fingerprint density at radius 3 is 2.67 bits per heavy atom. The Kier molecular flexibility index (Phi) is 3.94. The molecule has 0 amide bonds. The summed E-state index contributed by atoms with van der Waals surface area (Å²) in [5.41, 5.74) is 1.87. The summed E-state index contributed by atoms with van der Waals surface area (Å²) in [6.07, 6.45) is 0.734. The van der Waals surface area contributed by atoms with E-state index in [4.69, 9.17) is 9.15 Å². The average molecular weight is 289 g/mol. The van der Waals surface area contributed by atoms with Gasteiger partial charge in [-0.15, -0.1) is 0 Å². The molecule has 0 aliphatic carbocycles. The first-order chi connectivity index (χ1) is 10.2. The van der Waals surface area contributed by atoms with Gasteiger partial charge in [0.25, 0.3) is 0 Å². The first-order valence-corrected chi connectivity index (χ1v) is 7.26. The molecule has 1 aromatic carbocycles. The fourth-order valence-corrected chi connectivity index (χ4v) is 2.72. The third kappa shape index (κ3) is 2.94. The van der Waals surface area contributed by atoms with E-state index in [1.165, 1.54) is 0 Å². The van der Waals surface area contributed by atoms with Gasteiger partial charge >= 0.3 is 5.63 Å². The molecule has 2 aromatic rings. The largest absolute Gasteiger partial charge is 0.508 e. The summed E-state index contributed by atoms with van der Waals surface area (Å²) in [6.45, 7) is 5.85. The minimum absolute atomic E-state index is 0.177. The van der Waals surface area contributed by atoms with Crippen LogP contribution in [0.25, 0.3) is 11.0 Å². The van der Waals surface area contributed by atoms with E-state index >= 15 is 0 Å². The Hall–Kier alpha value is -1.85. The molecule has 21 heavy (non-hydrogen) atoms. The van der Waals surface area contributed by atoms with Gasteiger partial charge in [-0.05, 0) is 23.6 Å². The van der Waals surface area contributed by atoms with Crippen LogP contribution >= 0.6 is 0 Å². The number of aryl methyl sites for hydroxylation is 1. The molecular weight excluding hydrogens is 270 g/mol. The number of benzene rings is 1. The number of ether oxygens (including phenoxy) is 1. The Labute approximate surface area is 122 Å². The molecule has 1 aliphatic heterocycles. The van der Waals surface area contributed by atoms with Crippen LogP contribution in [0.1, 0.15) is 18.1 Å². The summed E-state index contributed by atoms with van der Waals surface area (Å²) in [7, 11) is 0. The highest BCUT2D eigenvalue weighted by Crippen LogP contribution is 2.27. The van der Waals surface area contributed by atoms with Crippen LogP contribution in [0.2, 0.25) is 0 Å². The van der Waals surface area contributed by atoms with Crippen molar-refractivity contribution in [3.63, 3.8) is 0 Å². The third-order valence-corrected chi connectivity index (χ3v) is 3.91. The van der Waals surface area contributed by atoms with Crippen LogP contribution in [0.5, 0.6) is 5.75 Å². The number of hydrogen-bond acceptors (Lipinski definition) is 5. The van der Waals surface area contributed by atoms with Crippen LogP contribution in [0.15, 0.2) is 27.4 Å². The van der Waals surface area contributed by atoms with E-state index in [0.717, 1.165) is 49.2 Å². The van der Waals surface area contributed by atoms with Crippen molar-refractivity contribution < 1.29 is 14.3 Å². The molecule has 1 fully saturated rings. The lowest BCUT2D eigenvalue weighted by Crippen LogP contribution is -2.35. The van der Waals surface area contributed by atoms with Crippen LogP contribution in [0.4, 0.5) is 0 Å².